The number of rotatable bonds is 5. The van der Waals surface area contributed by atoms with Gasteiger partial charge in [0.25, 0.3) is 16.5 Å². The predicted molar refractivity (Wildman–Crippen MR) is 41.7 cm³/mol. The lowest BCUT2D eigenvalue weighted by atomic mass is 10.6. The molecule has 6 heteroatoms. The van der Waals surface area contributed by atoms with Crippen LogP contribution < -0.4 is 0 Å². The Labute approximate surface area is 70.1 Å². The highest BCUT2D eigenvalue weighted by Gasteiger charge is 1.99. The lowest BCUT2D eigenvalue weighted by Gasteiger charge is -1.99. The van der Waals surface area contributed by atoms with E-state index in [9.17, 15) is 12.8 Å². The first-order valence-corrected chi connectivity index (χ1v) is 4.59. The average molecular weight is 196 g/mol. The van der Waals surface area contributed by atoms with Crippen LogP contribution in [0.25, 0.3) is 0 Å². The van der Waals surface area contributed by atoms with Gasteiger partial charge >= 0.3 is 0 Å². The summed E-state index contributed by atoms with van der Waals surface area (Å²) in [4.78, 5) is 0. The van der Waals surface area contributed by atoms with Crippen LogP contribution in [0.15, 0.2) is 25.0 Å². The first-order valence-electron chi connectivity index (χ1n) is 2.98. The third-order valence-electron chi connectivity index (χ3n) is 0.797. The van der Waals surface area contributed by atoms with Crippen molar-refractivity contribution in [1.29, 1.82) is 0 Å². The lowest BCUT2D eigenvalue weighted by molar-refractivity contribution is 0.0676. The van der Waals surface area contributed by atoms with Crippen molar-refractivity contribution in [2.75, 3.05) is 5.75 Å². The molecule has 0 aliphatic heterocycles. The summed E-state index contributed by atoms with van der Waals surface area (Å²) in [5.41, 5.74) is 0. The number of hydrogen-bond acceptors (Lipinski definition) is 3. The third-order valence-corrected chi connectivity index (χ3v) is 1.41. The maximum absolute atomic E-state index is 12.1. The molecule has 0 aromatic carbocycles. The molecule has 0 bridgehead atoms. The second-order valence-corrected chi connectivity index (χ2v) is 3.34. The summed E-state index contributed by atoms with van der Waals surface area (Å²) >= 11 is 0. The van der Waals surface area contributed by atoms with Crippen LogP contribution in [0.3, 0.4) is 0 Å². The molecule has 0 heterocycles. The standard InChI is InChI=1S/C6H9FO4S/c1-2-6(7)11-4-3-5-12(8,9)10/h2-4,6H,1,5H2,(H,8,9,10). The largest absolute Gasteiger partial charge is 0.465 e. The van der Waals surface area contributed by atoms with Crippen molar-refractivity contribution in [2.24, 2.45) is 0 Å². The molecule has 0 saturated heterocycles. The number of ether oxygens (including phenoxy) is 1. The van der Waals surface area contributed by atoms with Crippen LogP contribution in [0.1, 0.15) is 0 Å². The molecule has 1 atom stereocenters. The molecule has 0 fully saturated rings. The van der Waals surface area contributed by atoms with Crippen LogP contribution in [0.5, 0.6) is 0 Å². The quantitative estimate of drug-likeness (QED) is 0.403. The highest BCUT2D eigenvalue weighted by Crippen LogP contribution is 1.95. The molecule has 0 aliphatic rings. The van der Waals surface area contributed by atoms with Gasteiger partial charge in [0.2, 0.25) is 0 Å². The van der Waals surface area contributed by atoms with Crippen molar-refractivity contribution >= 4 is 10.1 Å². The van der Waals surface area contributed by atoms with Gasteiger partial charge in [0.15, 0.2) is 0 Å². The Balaban J connectivity index is 3.72. The molecule has 0 aliphatic carbocycles. The molecule has 0 spiro atoms. The molecule has 0 radical (unpaired) electrons. The van der Waals surface area contributed by atoms with E-state index in [0.29, 0.717) is 0 Å². The summed E-state index contributed by atoms with van der Waals surface area (Å²) in [5, 5.41) is 0. The smallest absolute Gasteiger partial charge is 0.268 e. The molecule has 1 N–H and O–H groups in total. The van der Waals surface area contributed by atoms with Crippen LogP contribution in [0.4, 0.5) is 4.39 Å². The molecular weight excluding hydrogens is 187 g/mol. The second kappa shape index (κ2) is 4.89. The zero-order chi connectivity index (χ0) is 9.61. The Morgan fingerprint density at radius 1 is 1.67 bits per heavy atom. The van der Waals surface area contributed by atoms with Crippen molar-refractivity contribution < 1.29 is 22.1 Å². The molecule has 0 saturated carbocycles. The topological polar surface area (TPSA) is 63.6 Å². The third kappa shape index (κ3) is 7.23. The fourth-order valence-electron chi connectivity index (χ4n) is 0.347. The summed E-state index contributed by atoms with van der Waals surface area (Å²) in [6.45, 7) is 3.09. The van der Waals surface area contributed by atoms with E-state index in [2.05, 4.69) is 11.3 Å². The van der Waals surface area contributed by atoms with Gasteiger partial charge in [-0.3, -0.25) is 4.55 Å². The van der Waals surface area contributed by atoms with Gasteiger partial charge < -0.3 is 4.74 Å². The van der Waals surface area contributed by atoms with Crippen molar-refractivity contribution in [1.82, 2.24) is 0 Å². The summed E-state index contributed by atoms with van der Waals surface area (Å²) < 4.78 is 44.7. The van der Waals surface area contributed by atoms with E-state index in [0.717, 1.165) is 18.4 Å². The van der Waals surface area contributed by atoms with E-state index < -0.39 is 22.2 Å². The Bertz CT molecular complexity index is 257. The Hall–Kier alpha value is -0.880. The second-order valence-electron chi connectivity index (χ2n) is 1.84. The molecule has 1 unspecified atom stereocenters. The van der Waals surface area contributed by atoms with Gasteiger partial charge in [-0.15, -0.1) is 0 Å². The average Bonchev–Trinajstić information content (AvgIpc) is 1.96. The molecule has 0 rings (SSSR count). The lowest BCUT2D eigenvalue weighted by Crippen LogP contribution is -2.01. The van der Waals surface area contributed by atoms with Crippen molar-refractivity contribution in [3.63, 3.8) is 0 Å². The van der Waals surface area contributed by atoms with Crippen molar-refractivity contribution in [2.45, 2.75) is 6.36 Å². The van der Waals surface area contributed by atoms with Crippen molar-refractivity contribution in [3.8, 4) is 0 Å². The molecule has 0 aromatic rings. The molecule has 70 valence electrons. The summed E-state index contributed by atoms with van der Waals surface area (Å²) in [6, 6.07) is 0. The SMILES string of the molecule is C=CC(F)OC=CCS(=O)(=O)O. The zero-order valence-corrected chi connectivity index (χ0v) is 7.00. The van der Waals surface area contributed by atoms with Crippen LogP contribution in [-0.4, -0.2) is 25.1 Å². The number of alkyl halides is 1. The van der Waals surface area contributed by atoms with Crippen LogP contribution in [0, 0.1) is 0 Å². The maximum Gasteiger partial charge on any atom is 0.268 e. The van der Waals surface area contributed by atoms with E-state index in [1.54, 1.807) is 0 Å². The molecule has 12 heavy (non-hydrogen) atoms. The summed E-state index contributed by atoms with van der Waals surface area (Å²) in [5.74, 6) is -0.600. The van der Waals surface area contributed by atoms with Crippen molar-refractivity contribution in [3.05, 3.63) is 25.0 Å². The van der Waals surface area contributed by atoms with Crippen LogP contribution in [-0.2, 0) is 14.9 Å². The Kier molecular flexibility index (Phi) is 4.53. The first-order chi connectivity index (χ1) is 5.45. The van der Waals surface area contributed by atoms with Gasteiger partial charge in [-0.2, -0.15) is 12.8 Å². The van der Waals surface area contributed by atoms with Gasteiger partial charge in [-0.05, 0) is 12.2 Å². The van der Waals surface area contributed by atoms with Crippen LogP contribution >= 0.6 is 0 Å². The Morgan fingerprint density at radius 3 is 2.67 bits per heavy atom. The number of halogens is 1. The van der Waals surface area contributed by atoms with Gasteiger partial charge in [-0.25, -0.2) is 0 Å². The van der Waals surface area contributed by atoms with Gasteiger partial charge in [0.05, 0.1) is 12.0 Å². The molecule has 4 nitrogen and oxygen atoms in total. The van der Waals surface area contributed by atoms with E-state index in [1.165, 1.54) is 0 Å². The Morgan fingerprint density at radius 2 is 2.25 bits per heavy atom. The van der Waals surface area contributed by atoms with Gasteiger partial charge in [0, 0.05) is 0 Å². The monoisotopic (exact) mass is 196 g/mol. The summed E-state index contributed by atoms with van der Waals surface area (Å²) in [6.07, 6.45) is 1.06. The van der Waals surface area contributed by atoms with E-state index in [-0.39, 0.29) is 0 Å². The van der Waals surface area contributed by atoms with Gasteiger partial charge in [0.1, 0.15) is 0 Å². The fourth-order valence-corrected chi connectivity index (χ4v) is 0.669. The molecular formula is C6H9FO4S. The minimum Gasteiger partial charge on any atom is -0.465 e. The highest BCUT2D eigenvalue weighted by molar-refractivity contribution is 7.85. The van der Waals surface area contributed by atoms with E-state index >= 15 is 0 Å². The zero-order valence-electron chi connectivity index (χ0n) is 6.18. The fraction of sp³-hybridized carbons (Fsp3) is 0.333. The van der Waals surface area contributed by atoms with E-state index in [4.69, 9.17) is 4.55 Å². The maximum atomic E-state index is 12.1. The highest BCUT2D eigenvalue weighted by atomic mass is 32.2. The minimum atomic E-state index is -4.04. The normalized spacial score (nSPS) is 14.5. The van der Waals surface area contributed by atoms with Crippen LogP contribution in [0.2, 0.25) is 0 Å². The minimum absolute atomic E-state index is 0.600. The predicted octanol–water partition coefficient (Wildman–Crippen LogP) is 0.886. The molecule has 0 amide bonds. The molecule has 0 aromatic heterocycles. The first kappa shape index (κ1) is 11.1. The summed E-state index contributed by atoms with van der Waals surface area (Å²) in [7, 11) is -4.04. The van der Waals surface area contributed by atoms with E-state index in [1.807, 2.05) is 0 Å². The van der Waals surface area contributed by atoms with Gasteiger partial charge in [-0.1, -0.05) is 6.58 Å². The number of hydrogen-bond donors (Lipinski definition) is 1.